The number of fused-ring (bicyclic) bond motifs is 1. The van der Waals surface area contributed by atoms with Gasteiger partial charge in [0.15, 0.2) is 11.2 Å². The van der Waals surface area contributed by atoms with Crippen LogP contribution in [0, 0.1) is 0 Å². The van der Waals surface area contributed by atoms with E-state index in [1.54, 1.807) is 0 Å². The van der Waals surface area contributed by atoms with Crippen molar-refractivity contribution in [3.63, 3.8) is 0 Å². The molecule has 0 aliphatic carbocycles. The third kappa shape index (κ3) is 4.28. The summed E-state index contributed by atoms with van der Waals surface area (Å²) in [6.45, 7) is 1.94. The Kier molecular flexibility index (Phi) is 5.70. The number of amides is 1. The van der Waals surface area contributed by atoms with Gasteiger partial charge in [0.05, 0.1) is 11.4 Å². The Morgan fingerprint density at radius 2 is 1.52 bits per heavy atom. The number of carbonyl (C=O) groups excluding carboxylic acids is 1. The molecule has 31 heavy (non-hydrogen) atoms. The summed E-state index contributed by atoms with van der Waals surface area (Å²) in [5, 5.41) is 2.65. The zero-order valence-electron chi connectivity index (χ0n) is 17.0. The number of carbonyl (C=O) groups is 1. The normalized spacial score (nSPS) is 10.9. The lowest BCUT2D eigenvalue weighted by atomic mass is 10.0. The molecule has 0 bridgehead atoms. The smallest absolute Gasteiger partial charge is 0.330 e. The van der Waals surface area contributed by atoms with Gasteiger partial charge in [0.1, 0.15) is 0 Å². The molecule has 1 amide bonds. The van der Waals surface area contributed by atoms with E-state index in [0.717, 1.165) is 15.7 Å². The summed E-state index contributed by atoms with van der Waals surface area (Å²) in [5.74, 6) is -0.161. The van der Waals surface area contributed by atoms with Crippen molar-refractivity contribution < 1.29 is 4.79 Å². The minimum absolute atomic E-state index is 0.0951. The quantitative estimate of drug-likeness (QED) is 0.470. The zero-order chi connectivity index (χ0) is 21.8. The van der Waals surface area contributed by atoms with Crippen LogP contribution in [0.3, 0.4) is 0 Å². The number of nitrogens with zero attached hydrogens (tertiary/aromatic N) is 3. The highest BCUT2D eigenvalue weighted by Crippen LogP contribution is 2.29. The van der Waals surface area contributed by atoms with E-state index < -0.39 is 11.2 Å². The predicted octanol–water partition coefficient (Wildman–Crippen LogP) is 2.34. The van der Waals surface area contributed by atoms with Crippen LogP contribution in [0.1, 0.15) is 13.3 Å². The fraction of sp³-hybridized carbons (Fsp3) is 0.174. The molecule has 2 aromatic carbocycles. The number of hydrogen-bond donors (Lipinski definition) is 2. The lowest BCUT2D eigenvalue weighted by molar-refractivity contribution is -0.118. The van der Waals surface area contributed by atoms with Crippen LogP contribution in [0.5, 0.6) is 0 Å². The second-order valence-electron chi connectivity index (χ2n) is 7.07. The highest BCUT2D eigenvalue weighted by atomic mass is 16.2. The Bertz CT molecular complexity index is 1350. The molecule has 2 aromatic heterocycles. The first-order valence-corrected chi connectivity index (χ1v) is 9.95. The van der Waals surface area contributed by atoms with Crippen molar-refractivity contribution in [1.82, 2.24) is 24.8 Å². The monoisotopic (exact) mass is 415 g/mol. The molecule has 0 atom stereocenters. The van der Waals surface area contributed by atoms with Crippen LogP contribution >= 0.6 is 0 Å². The van der Waals surface area contributed by atoms with Gasteiger partial charge in [-0.1, -0.05) is 60.7 Å². The fourth-order valence-corrected chi connectivity index (χ4v) is 3.36. The van der Waals surface area contributed by atoms with Gasteiger partial charge in [0.2, 0.25) is 5.91 Å². The second kappa shape index (κ2) is 8.74. The van der Waals surface area contributed by atoms with Crippen molar-refractivity contribution >= 4 is 17.1 Å². The van der Waals surface area contributed by atoms with E-state index in [0.29, 0.717) is 24.4 Å². The first-order valence-electron chi connectivity index (χ1n) is 9.95. The van der Waals surface area contributed by atoms with Crippen molar-refractivity contribution in [2.45, 2.75) is 19.9 Å². The van der Waals surface area contributed by atoms with Crippen molar-refractivity contribution in [2.24, 2.45) is 0 Å². The SMILES string of the molecule is CC(=O)NCCCn1c(=O)[nH]c2nc(-c3ccccc3)c(-c3ccccc3)nc2c1=O. The minimum atomic E-state index is -0.555. The molecule has 0 aliphatic rings. The molecule has 156 valence electrons. The van der Waals surface area contributed by atoms with E-state index in [1.165, 1.54) is 6.92 Å². The Morgan fingerprint density at radius 1 is 0.935 bits per heavy atom. The molecular weight excluding hydrogens is 394 g/mol. The minimum Gasteiger partial charge on any atom is -0.356 e. The van der Waals surface area contributed by atoms with Crippen molar-refractivity contribution in [3.05, 3.63) is 81.5 Å². The predicted molar refractivity (Wildman–Crippen MR) is 119 cm³/mol. The highest BCUT2D eigenvalue weighted by Gasteiger charge is 2.17. The van der Waals surface area contributed by atoms with E-state index in [-0.39, 0.29) is 23.6 Å². The molecule has 0 saturated carbocycles. The lowest BCUT2D eigenvalue weighted by Crippen LogP contribution is -2.37. The molecular formula is C23H21N5O3. The van der Waals surface area contributed by atoms with Crippen LogP contribution < -0.4 is 16.6 Å². The van der Waals surface area contributed by atoms with E-state index >= 15 is 0 Å². The summed E-state index contributed by atoms with van der Waals surface area (Å²) in [7, 11) is 0. The van der Waals surface area contributed by atoms with E-state index in [1.807, 2.05) is 60.7 Å². The molecule has 0 fully saturated rings. The van der Waals surface area contributed by atoms with Gasteiger partial charge in [0, 0.05) is 31.1 Å². The molecule has 0 saturated heterocycles. The molecule has 8 heteroatoms. The Balaban J connectivity index is 1.87. The standard InChI is InChI=1S/C23H21N5O3/c1-15(29)24-13-8-14-28-22(30)20-21(27-23(28)31)26-19(17-11-6-3-7-12-17)18(25-20)16-9-4-2-5-10-16/h2-7,9-12H,8,13-14H2,1H3,(H,24,29)(H,26,27,31). The van der Waals surface area contributed by atoms with Gasteiger partial charge in [-0.25, -0.2) is 14.8 Å². The van der Waals surface area contributed by atoms with Gasteiger partial charge in [-0.3, -0.25) is 19.1 Å². The van der Waals surface area contributed by atoms with Crippen LogP contribution in [0.2, 0.25) is 0 Å². The largest absolute Gasteiger partial charge is 0.356 e. The number of aromatic amines is 1. The number of hydrogen-bond acceptors (Lipinski definition) is 5. The average molecular weight is 415 g/mol. The third-order valence-electron chi connectivity index (χ3n) is 4.84. The molecule has 4 rings (SSSR count). The topological polar surface area (TPSA) is 110 Å². The number of benzene rings is 2. The molecule has 2 N–H and O–H groups in total. The van der Waals surface area contributed by atoms with Gasteiger partial charge < -0.3 is 5.32 Å². The summed E-state index contributed by atoms with van der Waals surface area (Å²) in [6.07, 6.45) is 0.440. The Morgan fingerprint density at radius 3 is 2.10 bits per heavy atom. The molecule has 8 nitrogen and oxygen atoms in total. The number of H-pyrrole nitrogens is 1. The van der Waals surface area contributed by atoms with Gasteiger partial charge >= 0.3 is 5.69 Å². The molecule has 4 aromatic rings. The third-order valence-corrected chi connectivity index (χ3v) is 4.84. The molecule has 0 radical (unpaired) electrons. The average Bonchev–Trinajstić information content (AvgIpc) is 2.79. The van der Waals surface area contributed by atoms with Crippen LogP contribution in [0.15, 0.2) is 70.3 Å². The van der Waals surface area contributed by atoms with Crippen molar-refractivity contribution in [1.29, 1.82) is 0 Å². The first-order chi connectivity index (χ1) is 15.0. The molecule has 0 unspecified atom stereocenters. The summed E-state index contributed by atoms with van der Waals surface area (Å²) in [5.41, 5.74) is 1.97. The maximum absolute atomic E-state index is 13.1. The lowest BCUT2D eigenvalue weighted by Gasteiger charge is -2.11. The second-order valence-corrected chi connectivity index (χ2v) is 7.07. The van der Waals surface area contributed by atoms with Gasteiger partial charge in [0.25, 0.3) is 5.56 Å². The molecule has 2 heterocycles. The highest BCUT2D eigenvalue weighted by molar-refractivity contribution is 5.84. The Labute approximate surface area is 177 Å². The number of rotatable bonds is 6. The summed E-state index contributed by atoms with van der Waals surface area (Å²) < 4.78 is 1.09. The van der Waals surface area contributed by atoms with E-state index in [9.17, 15) is 14.4 Å². The summed E-state index contributed by atoms with van der Waals surface area (Å²) in [6, 6.07) is 19.0. The summed E-state index contributed by atoms with van der Waals surface area (Å²) >= 11 is 0. The molecule has 0 spiro atoms. The zero-order valence-corrected chi connectivity index (χ0v) is 17.0. The van der Waals surface area contributed by atoms with Gasteiger partial charge in [-0.15, -0.1) is 0 Å². The summed E-state index contributed by atoms with van der Waals surface area (Å²) in [4.78, 5) is 48.6. The van der Waals surface area contributed by atoms with Gasteiger partial charge in [-0.05, 0) is 6.42 Å². The van der Waals surface area contributed by atoms with E-state index in [4.69, 9.17) is 0 Å². The van der Waals surface area contributed by atoms with Crippen LogP contribution in [0.25, 0.3) is 33.7 Å². The number of nitrogens with one attached hydrogen (secondary N) is 2. The first kappa shape index (κ1) is 20.2. The van der Waals surface area contributed by atoms with E-state index in [2.05, 4.69) is 20.3 Å². The van der Waals surface area contributed by atoms with Gasteiger partial charge in [-0.2, -0.15) is 0 Å². The molecule has 0 aliphatic heterocycles. The number of aromatic nitrogens is 4. The fourth-order valence-electron chi connectivity index (χ4n) is 3.36. The van der Waals surface area contributed by atoms with Crippen LogP contribution in [-0.4, -0.2) is 32.0 Å². The maximum atomic E-state index is 13.1. The van der Waals surface area contributed by atoms with Crippen molar-refractivity contribution in [3.8, 4) is 22.5 Å². The van der Waals surface area contributed by atoms with Crippen LogP contribution in [0.4, 0.5) is 0 Å². The van der Waals surface area contributed by atoms with Crippen molar-refractivity contribution in [2.75, 3.05) is 6.54 Å². The van der Waals surface area contributed by atoms with Crippen LogP contribution in [-0.2, 0) is 11.3 Å². The Hall–Kier alpha value is -4.07. The maximum Gasteiger partial charge on any atom is 0.330 e.